The highest BCUT2D eigenvalue weighted by atomic mass is 16.5. The molecule has 1 amide bonds. The zero-order chi connectivity index (χ0) is 17.6. The number of carbonyl (C=O) groups is 1. The van der Waals surface area contributed by atoms with Crippen LogP contribution < -0.4 is 0 Å². The summed E-state index contributed by atoms with van der Waals surface area (Å²) in [4.78, 5) is 23.7. The summed E-state index contributed by atoms with van der Waals surface area (Å²) < 4.78 is 7.46. The van der Waals surface area contributed by atoms with E-state index in [1.165, 1.54) is 0 Å². The number of amides is 1. The van der Waals surface area contributed by atoms with Gasteiger partial charge in [-0.15, -0.1) is 0 Å². The number of rotatable bonds is 6. The Bertz CT molecular complexity index is 547. The van der Waals surface area contributed by atoms with Gasteiger partial charge in [-0.25, -0.2) is 4.98 Å². The topological polar surface area (TPSA) is 53.8 Å². The van der Waals surface area contributed by atoms with Gasteiger partial charge in [0.15, 0.2) is 0 Å². The third-order valence-electron chi connectivity index (χ3n) is 5.46. The van der Waals surface area contributed by atoms with Crippen LogP contribution in [0.2, 0.25) is 0 Å². The quantitative estimate of drug-likeness (QED) is 0.751. The van der Waals surface area contributed by atoms with Gasteiger partial charge in [-0.3, -0.25) is 14.6 Å². The van der Waals surface area contributed by atoms with Crippen molar-refractivity contribution in [2.75, 3.05) is 52.5 Å². The minimum Gasteiger partial charge on any atom is -0.379 e. The molecule has 0 bridgehead atoms. The summed E-state index contributed by atoms with van der Waals surface area (Å²) in [6.45, 7) is 10.2. The van der Waals surface area contributed by atoms with Gasteiger partial charge >= 0.3 is 0 Å². The average molecular weight is 349 g/mol. The fourth-order valence-corrected chi connectivity index (χ4v) is 3.60. The molecule has 0 unspecified atom stereocenters. The maximum atomic E-state index is 12.5. The molecule has 2 aliphatic rings. The maximum Gasteiger partial charge on any atom is 0.222 e. The smallest absolute Gasteiger partial charge is 0.222 e. The van der Waals surface area contributed by atoms with Gasteiger partial charge in [-0.2, -0.15) is 0 Å². The van der Waals surface area contributed by atoms with Crippen LogP contribution in [0.5, 0.6) is 0 Å². The SMILES string of the molecule is C[C@H](CCC(=O)N1CCN(Cc2nccn2C)CC1)N1CCOCC1. The number of aromatic nitrogens is 2. The first-order valence-electron chi connectivity index (χ1n) is 9.41. The molecule has 25 heavy (non-hydrogen) atoms. The van der Waals surface area contributed by atoms with E-state index in [2.05, 4.69) is 26.3 Å². The van der Waals surface area contributed by atoms with Gasteiger partial charge in [0.05, 0.1) is 19.8 Å². The zero-order valence-corrected chi connectivity index (χ0v) is 15.6. The van der Waals surface area contributed by atoms with Crippen LogP contribution in [-0.4, -0.2) is 88.7 Å². The van der Waals surface area contributed by atoms with Gasteiger partial charge in [0.25, 0.3) is 0 Å². The lowest BCUT2D eigenvalue weighted by atomic mass is 10.1. The first kappa shape index (κ1) is 18.4. The van der Waals surface area contributed by atoms with Crippen molar-refractivity contribution in [3.05, 3.63) is 18.2 Å². The predicted octanol–water partition coefficient (Wildman–Crippen LogP) is 0.565. The molecule has 0 saturated carbocycles. The van der Waals surface area contributed by atoms with E-state index in [1.54, 1.807) is 0 Å². The van der Waals surface area contributed by atoms with Crippen LogP contribution in [0.15, 0.2) is 12.4 Å². The van der Waals surface area contributed by atoms with Gasteiger partial charge in [0.1, 0.15) is 5.82 Å². The molecule has 1 atom stereocenters. The first-order valence-corrected chi connectivity index (χ1v) is 9.41. The number of aryl methyl sites for hydroxylation is 1. The molecule has 1 aromatic rings. The second kappa shape index (κ2) is 8.78. The van der Waals surface area contributed by atoms with E-state index in [-0.39, 0.29) is 0 Å². The van der Waals surface area contributed by atoms with Crippen molar-refractivity contribution >= 4 is 5.91 Å². The second-order valence-corrected chi connectivity index (χ2v) is 7.15. The van der Waals surface area contributed by atoms with E-state index in [9.17, 15) is 4.79 Å². The molecule has 3 heterocycles. The molecular formula is C18H31N5O2. The molecule has 7 heteroatoms. The van der Waals surface area contributed by atoms with E-state index in [0.29, 0.717) is 18.4 Å². The third kappa shape index (κ3) is 5.03. The van der Waals surface area contributed by atoms with Crippen molar-refractivity contribution < 1.29 is 9.53 Å². The lowest BCUT2D eigenvalue weighted by Crippen LogP contribution is -2.49. The predicted molar refractivity (Wildman–Crippen MR) is 96.2 cm³/mol. The second-order valence-electron chi connectivity index (χ2n) is 7.15. The Morgan fingerprint density at radius 2 is 1.92 bits per heavy atom. The normalized spacial score (nSPS) is 21.4. The third-order valence-corrected chi connectivity index (χ3v) is 5.46. The van der Waals surface area contributed by atoms with Gasteiger partial charge in [-0.05, 0) is 13.3 Å². The summed E-state index contributed by atoms with van der Waals surface area (Å²) in [6, 6.07) is 0.456. The van der Waals surface area contributed by atoms with E-state index in [4.69, 9.17) is 4.74 Å². The minimum atomic E-state index is 0.303. The minimum absolute atomic E-state index is 0.303. The molecule has 0 radical (unpaired) electrons. The van der Waals surface area contributed by atoms with Crippen LogP contribution in [0.4, 0.5) is 0 Å². The lowest BCUT2D eigenvalue weighted by molar-refractivity contribution is -0.133. The highest BCUT2D eigenvalue weighted by molar-refractivity contribution is 5.76. The highest BCUT2D eigenvalue weighted by Crippen LogP contribution is 2.12. The summed E-state index contributed by atoms with van der Waals surface area (Å²) in [5.41, 5.74) is 0. The van der Waals surface area contributed by atoms with Crippen molar-refractivity contribution in [3.8, 4) is 0 Å². The van der Waals surface area contributed by atoms with Gasteiger partial charge in [0, 0.05) is 71.2 Å². The van der Waals surface area contributed by atoms with Crippen molar-refractivity contribution in [1.29, 1.82) is 0 Å². The molecule has 3 rings (SSSR count). The lowest BCUT2D eigenvalue weighted by Gasteiger charge is -2.35. The Hall–Kier alpha value is -1.44. The van der Waals surface area contributed by atoms with E-state index < -0.39 is 0 Å². The van der Waals surface area contributed by atoms with Crippen LogP contribution >= 0.6 is 0 Å². The van der Waals surface area contributed by atoms with Crippen LogP contribution in [0.1, 0.15) is 25.6 Å². The highest BCUT2D eigenvalue weighted by Gasteiger charge is 2.23. The van der Waals surface area contributed by atoms with Crippen LogP contribution in [0, 0.1) is 0 Å². The molecule has 0 aliphatic carbocycles. The summed E-state index contributed by atoms with van der Waals surface area (Å²) >= 11 is 0. The Kier molecular flexibility index (Phi) is 6.45. The van der Waals surface area contributed by atoms with Gasteiger partial charge < -0.3 is 14.2 Å². The Morgan fingerprint density at radius 1 is 1.20 bits per heavy atom. The van der Waals surface area contributed by atoms with Crippen molar-refractivity contribution in [1.82, 2.24) is 24.3 Å². The number of morpholine rings is 1. The Balaban J connectivity index is 1.37. The van der Waals surface area contributed by atoms with Crippen molar-refractivity contribution in [3.63, 3.8) is 0 Å². The van der Waals surface area contributed by atoms with Crippen LogP contribution in [0.3, 0.4) is 0 Å². The summed E-state index contributed by atoms with van der Waals surface area (Å²) in [6.07, 6.45) is 5.40. The number of piperazine rings is 1. The summed E-state index contributed by atoms with van der Waals surface area (Å²) in [5.74, 6) is 1.39. The molecule has 0 N–H and O–H groups in total. The first-order chi connectivity index (χ1) is 12.1. The standard InChI is InChI=1S/C18H31N5O2/c1-16(22-11-13-25-14-12-22)3-4-18(24)23-9-7-21(8-10-23)15-17-19-5-6-20(17)2/h5-6,16H,3-4,7-15H2,1-2H3/t16-/m1/s1. The van der Waals surface area contributed by atoms with Crippen LogP contribution in [-0.2, 0) is 23.1 Å². The van der Waals surface area contributed by atoms with Crippen molar-refractivity contribution in [2.24, 2.45) is 7.05 Å². The number of hydrogen-bond donors (Lipinski definition) is 0. The van der Waals surface area contributed by atoms with Crippen LogP contribution in [0.25, 0.3) is 0 Å². The van der Waals surface area contributed by atoms with E-state index in [1.807, 2.05) is 24.3 Å². The molecule has 1 aromatic heterocycles. The summed E-state index contributed by atoms with van der Waals surface area (Å²) in [5, 5.41) is 0. The number of nitrogens with zero attached hydrogens (tertiary/aromatic N) is 5. The molecule has 2 fully saturated rings. The Labute approximate surface area is 150 Å². The summed E-state index contributed by atoms with van der Waals surface area (Å²) in [7, 11) is 2.03. The van der Waals surface area contributed by atoms with Gasteiger partial charge in [0.2, 0.25) is 5.91 Å². The molecular weight excluding hydrogens is 318 g/mol. The maximum absolute atomic E-state index is 12.5. The van der Waals surface area contributed by atoms with E-state index in [0.717, 1.165) is 71.3 Å². The zero-order valence-electron chi connectivity index (χ0n) is 15.6. The number of hydrogen-bond acceptors (Lipinski definition) is 5. The monoisotopic (exact) mass is 349 g/mol. The number of ether oxygens (including phenoxy) is 1. The average Bonchev–Trinajstić information content (AvgIpc) is 3.05. The number of imidazole rings is 1. The molecule has 0 spiro atoms. The molecule has 2 aliphatic heterocycles. The fraction of sp³-hybridized carbons (Fsp3) is 0.778. The molecule has 140 valence electrons. The van der Waals surface area contributed by atoms with Gasteiger partial charge in [-0.1, -0.05) is 0 Å². The molecule has 7 nitrogen and oxygen atoms in total. The largest absolute Gasteiger partial charge is 0.379 e. The fourth-order valence-electron chi connectivity index (χ4n) is 3.60. The van der Waals surface area contributed by atoms with E-state index >= 15 is 0 Å². The molecule has 2 saturated heterocycles. The van der Waals surface area contributed by atoms with Crippen molar-refractivity contribution in [2.45, 2.75) is 32.4 Å². The Morgan fingerprint density at radius 3 is 2.56 bits per heavy atom. The molecule has 0 aromatic carbocycles. The number of carbonyl (C=O) groups excluding carboxylic acids is 1.